The summed E-state index contributed by atoms with van der Waals surface area (Å²) < 4.78 is 5.02. The maximum atomic E-state index is 11.2. The van der Waals surface area contributed by atoms with Gasteiger partial charge in [0.25, 0.3) is 0 Å². The maximum absolute atomic E-state index is 11.2. The number of fused-ring (bicyclic) bond motifs is 1. The Kier molecular flexibility index (Phi) is 2.97. The molecule has 3 N–H and O–H groups in total. The molecule has 2 heterocycles. The van der Waals surface area contributed by atoms with Gasteiger partial charge in [-0.2, -0.15) is 0 Å². The Morgan fingerprint density at radius 1 is 1.37 bits per heavy atom. The molecule has 0 amide bonds. The molecule has 0 saturated carbocycles. The van der Waals surface area contributed by atoms with Crippen LogP contribution in [-0.4, -0.2) is 18.1 Å². The topological polar surface area (TPSA) is 75.3 Å². The van der Waals surface area contributed by atoms with Gasteiger partial charge in [-0.05, 0) is 31.2 Å². The van der Waals surface area contributed by atoms with E-state index >= 15 is 0 Å². The molecule has 1 aliphatic rings. The van der Waals surface area contributed by atoms with Crippen molar-refractivity contribution in [2.24, 2.45) is 5.92 Å². The van der Waals surface area contributed by atoms with E-state index < -0.39 is 5.76 Å². The third-order valence-corrected chi connectivity index (χ3v) is 3.93. The van der Waals surface area contributed by atoms with Gasteiger partial charge in [-0.1, -0.05) is 6.92 Å². The van der Waals surface area contributed by atoms with Gasteiger partial charge in [0.05, 0.1) is 16.9 Å². The highest BCUT2D eigenvalue weighted by atomic mass is 16.4. The molecule has 0 radical (unpaired) electrons. The molecule has 1 aliphatic heterocycles. The average Bonchev–Trinajstić information content (AvgIpc) is 2.57. The highest BCUT2D eigenvalue weighted by Gasteiger charge is 2.17. The van der Waals surface area contributed by atoms with Crippen LogP contribution in [0.3, 0.4) is 0 Å². The Morgan fingerprint density at radius 2 is 2.21 bits per heavy atom. The lowest BCUT2D eigenvalue weighted by Gasteiger charge is -2.24. The number of nitrogen functional groups attached to an aromatic ring is 1. The molecule has 5 heteroatoms. The van der Waals surface area contributed by atoms with Crippen LogP contribution in [-0.2, 0) is 0 Å². The van der Waals surface area contributed by atoms with Crippen LogP contribution in [0.2, 0.25) is 0 Å². The number of aromatic amines is 1. The van der Waals surface area contributed by atoms with Gasteiger partial charge in [0.2, 0.25) is 0 Å². The lowest BCUT2D eigenvalue weighted by Crippen LogP contribution is -2.25. The van der Waals surface area contributed by atoms with E-state index in [1.807, 2.05) is 6.07 Å². The Hall–Kier alpha value is -1.91. The van der Waals surface area contributed by atoms with Gasteiger partial charge in [0.15, 0.2) is 5.58 Å². The van der Waals surface area contributed by atoms with Crippen molar-refractivity contribution in [3.63, 3.8) is 0 Å². The number of oxazole rings is 1. The van der Waals surface area contributed by atoms with E-state index in [-0.39, 0.29) is 0 Å². The number of H-pyrrole nitrogens is 1. The molecule has 2 aromatic rings. The summed E-state index contributed by atoms with van der Waals surface area (Å²) >= 11 is 0. The SMILES string of the molecule is CC1CCCN(c2cc3[nH]c(=O)oc3cc2N)CC1. The molecule has 0 bridgehead atoms. The van der Waals surface area contributed by atoms with Crippen LogP contribution < -0.4 is 16.4 Å². The second kappa shape index (κ2) is 4.64. The summed E-state index contributed by atoms with van der Waals surface area (Å²) in [4.78, 5) is 16.2. The third-order valence-electron chi connectivity index (χ3n) is 3.93. The minimum atomic E-state index is -0.434. The van der Waals surface area contributed by atoms with E-state index in [4.69, 9.17) is 10.2 Å². The Balaban J connectivity index is 1.98. The van der Waals surface area contributed by atoms with Gasteiger partial charge in [-0.15, -0.1) is 0 Å². The predicted octanol–water partition coefficient (Wildman–Crippen LogP) is 2.33. The van der Waals surface area contributed by atoms with Crippen LogP contribution in [0.25, 0.3) is 11.1 Å². The molecule has 1 aromatic heterocycles. The fourth-order valence-corrected chi connectivity index (χ4v) is 2.78. The minimum absolute atomic E-state index is 0.434. The number of nitrogens with zero attached hydrogens (tertiary/aromatic N) is 1. The molecule has 3 rings (SSSR count). The smallest absolute Gasteiger partial charge is 0.408 e. The first kappa shape index (κ1) is 12.1. The highest BCUT2D eigenvalue weighted by molar-refractivity contribution is 5.85. The standard InChI is InChI=1S/C14H19N3O2/c1-9-3-2-5-17(6-4-9)12-8-11-13(7-10(12)15)19-14(18)16-11/h7-9H,2-6,15H2,1H3,(H,16,18). The van der Waals surface area contributed by atoms with Crippen LogP contribution >= 0.6 is 0 Å². The molecule has 0 spiro atoms. The summed E-state index contributed by atoms with van der Waals surface area (Å²) in [6, 6.07) is 3.66. The lowest BCUT2D eigenvalue weighted by atomic mass is 10.0. The summed E-state index contributed by atoms with van der Waals surface area (Å²) in [5, 5.41) is 0. The van der Waals surface area contributed by atoms with Crippen molar-refractivity contribution < 1.29 is 4.42 Å². The summed E-state index contributed by atoms with van der Waals surface area (Å²) in [6.45, 7) is 4.32. The molecular formula is C14H19N3O2. The molecule has 0 aliphatic carbocycles. The first-order valence-corrected chi connectivity index (χ1v) is 6.81. The zero-order valence-electron chi connectivity index (χ0n) is 11.1. The number of nitrogens with one attached hydrogen (secondary N) is 1. The number of hydrogen-bond donors (Lipinski definition) is 2. The van der Waals surface area contributed by atoms with Crippen molar-refractivity contribution in [1.82, 2.24) is 4.98 Å². The molecule has 1 aromatic carbocycles. The van der Waals surface area contributed by atoms with Gasteiger partial charge < -0.3 is 15.1 Å². The normalized spacial score (nSPS) is 20.7. The maximum Gasteiger partial charge on any atom is 0.417 e. The van der Waals surface area contributed by atoms with Crippen molar-refractivity contribution in [3.05, 3.63) is 22.7 Å². The minimum Gasteiger partial charge on any atom is -0.408 e. The molecule has 1 atom stereocenters. The van der Waals surface area contributed by atoms with Crippen LogP contribution in [0.4, 0.5) is 11.4 Å². The number of rotatable bonds is 1. The van der Waals surface area contributed by atoms with Crippen LogP contribution in [0.1, 0.15) is 26.2 Å². The Labute approximate surface area is 111 Å². The van der Waals surface area contributed by atoms with Crippen molar-refractivity contribution in [3.8, 4) is 0 Å². The third kappa shape index (κ3) is 2.32. The molecular weight excluding hydrogens is 242 g/mol. The highest BCUT2D eigenvalue weighted by Crippen LogP contribution is 2.30. The summed E-state index contributed by atoms with van der Waals surface area (Å²) in [5.74, 6) is 0.333. The van der Waals surface area contributed by atoms with Gasteiger partial charge in [0.1, 0.15) is 0 Å². The quantitative estimate of drug-likeness (QED) is 0.772. The molecule has 19 heavy (non-hydrogen) atoms. The predicted molar refractivity (Wildman–Crippen MR) is 76.5 cm³/mol. The fraction of sp³-hybridized carbons (Fsp3) is 0.500. The fourth-order valence-electron chi connectivity index (χ4n) is 2.78. The molecule has 102 valence electrons. The van der Waals surface area contributed by atoms with E-state index in [0.717, 1.165) is 24.7 Å². The van der Waals surface area contributed by atoms with Gasteiger partial charge in [-0.25, -0.2) is 4.79 Å². The summed E-state index contributed by atoms with van der Waals surface area (Å²) in [5.41, 5.74) is 9.00. The van der Waals surface area contributed by atoms with Crippen molar-refractivity contribution in [2.75, 3.05) is 23.7 Å². The largest absolute Gasteiger partial charge is 0.417 e. The molecule has 5 nitrogen and oxygen atoms in total. The Morgan fingerprint density at radius 3 is 3.05 bits per heavy atom. The van der Waals surface area contributed by atoms with Crippen LogP contribution in [0, 0.1) is 5.92 Å². The van der Waals surface area contributed by atoms with Gasteiger partial charge in [-0.3, -0.25) is 4.98 Å². The molecule has 1 fully saturated rings. The first-order chi connectivity index (χ1) is 9.13. The number of anilines is 2. The second-order valence-corrected chi connectivity index (χ2v) is 5.44. The Bertz CT molecular complexity index is 644. The zero-order valence-corrected chi connectivity index (χ0v) is 11.1. The van der Waals surface area contributed by atoms with Crippen molar-refractivity contribution in [1.29, 1.82) is 0 Å². The summed E-state index contributed by atoms with van der Waals surface area (Å²) in [7, 11) is 0. The molecule has 1 saturated heterocycles. The van der Waals surface area contributed by atoms with Gasteiger partial charge >= 0.3 is 5.76 Å². The van der Waals surface area contributed by atoms with E-state index in [1.54, 1.807) is 6.07 Å². The van der Waals surface area contributed by atoms with Crippen molar-refractivity contribution in [2.45, 2.75) is 26.2 Å². The summed E-state index contributed by atoms with van der Waals surface area (Å²) in [6.07, 6.45) is 3.63. The first-order valence-electron chi connectivity index (χ1n) is 6.81. The van der Waals surface area contributed by atoms with E-state index in [9.17, 15) is 4.79 Å². The number of hydrogen-bond acceptors (Lipinski definition) is 4. The van der Waals surface area contributed by atoms with Crippen LogP contribution in [0.15, 0.2) is 21.3 Å². The van der Waals surface area contributed by atoms with E-state index in [2.05, 4.69) is 16.8 Å². The van der Waals surface area contributed by atoms with E-state index in [1.165, 1.54) is 19.3 Å². The number of benzene rings is 1. The number of aromatic nitrogens is 1. The zero-order chi connectivity index (χ0) is 13.4. The lowest BCUT2D eigenvalue weighted by molar-refractivity contribution is 0.521. The monoisotopic (exact) mass is 261 g/mol. The molecule has 1 unspecified atom stereocenters. The van der Waals surface area contributed by atoms with E-state index in [0.29, 0.717) is 16.8 Å². The average molecular weight is 261 g/mol. The van der Waals surface area contributed by atoms with Crippen molar-refractivity contribution >= 4 is 22.5 Å². The van der Waals surface area contributed by atoms with Crippen LogP contribution in [0.5, 0.6) is 0 Å². The van der Waals surface area contributed by atoms with Gasteiger partial charge in [0, 0.05) is 19.2 Å². The number of nitrogens with two attached hydrogens (primary N) is 1. The second-order valence-electron chi connectivity index (χ2n) is 5.44.